The highest BCUT2D eigenvalue weighted by Gasteiger charge is 2.34. The van der Waals surface area contributed by atoms with E-state index in [-0.39, 0.29) is 5.41 Å². The molecular weight excluding hydrogens is 260 g/mol. The minimum absolute atomic E-state index is 0.0223. The monoisotopic (exact) mass is 278 g/mol. The number of nitrogens with one attached hydrogen (secondary N) is 1. The van der Waals surface area contributed by atoms with E-state index in [2.05, 4.69) is 32.7 Å². The Bertz CT molecular complexity index is 556. The molecule has 19 heavy (non-hydrogen) atoms. The van der Waals surface area contributed by atoms with Gasteiger partial charge >= 0.3 is 0 Å². The zero-order chi connectivity index (χ0) is 13.3. The minimum atomic E-state index is 0.0223. The third kappa shape index (κ3) is 2.69. The SMILES string of the molecule is Cc1nc(Cc2noc(C3(C)CCNCC3)n2)cs1. The Labute approximate surface area is 116 Å². The van der Waals surface area contributed by atoms with Gasteiger partial charge in [0.05, 0.1) is 17.1 Å². The Morgan fingerprint density at radius 2 is 2.16 bits per heavy atom. The van der Waals surface area contributed by atoms with Crippen LogP contribution in [0, 0.1) is 6.92 Å². The number of thiazole rings is 1. The number of rotatable bonds is 3. The number of piperidine rings is 1. The van der Waals surface area contributed by atoms with Crippen LogP contribution < -0.4 is 5.32 Å². The molecule has 3 rings (SSSR count). The van der Waals surface area contributed by atoms with Gasteiger partial charge in [-0.2, -0.15) is 4.98 Å². The first-order valence-electron chi connectivity index (χ1n) is 6.60. The molecule has 1 fully saturated rings. The summed E-state index contributed by atoms with van der Waals surface area (Å²) in [6.07, 6.45) is 2.75. The minimum Gasteiger partial charge on any atom is -0.339 e. The van der Waals surface area contributed by atoms with E-state index < -0.39 is 0 Å². The van der Waals surface area contributed by atoms with Gasteiger partial charge in [-0.3, -0.25) is 0 Å². The predicted octanol–water partition coefficient (Wildman–Crippen LogP) is 2.07. The van der Waals surface area contributed by atoms with Crippen LogP contribution in [-0.2, 0) is 11.8 Å². The van der Waals surface area contributed by atoms with Gasteiger partial charge in [0, 0.05) is 10.8 Å². The molecule has 0 unspecified atom stereocenters. The molecule has 0 atom stereocenters. The number of aryl methyl sites for hydroxylation is 1. The fraction of sp³-hybridized carbons (Fsp3) is 0.615. The van der Waals surface area contributed by atoms with Crippen molar-refractivity contribution in [3.8, 4) is 0 Å². The Kier molecular flexibility index (Phi) is 3.36. The quantitative estimate of drug-likeness (QED) is 0.931. The molecule has 1 N–H and O–H groups in total. The van der Waals surface area contributed by atoms with Gasteiger partial charge in [0.2, 0.25) is 5.89 Å². The second-order valence-electron chi connectivity index (χ2n) is 5.36. The summed E-state index contributed by atoms with van der Waals surface area (Å²) >= 11 is 1.65. The third-order valence-corrected chi connectivity index (χ3v) is 4.52. The third-order valence-electron chi connectivity index (χ3n) is 3.70. The van der Waals surface area contributed by atoms with E-state index in [1.807, 2.05) is 6.92 Å². The summed E-state index contributed by atoms with van der Waals surface area (Å²) in [7, 11) is 0. The van der Waals surface area contributed by atoms with E-state index in [9.17, 15) is 0 Å². The van der Waals surface area contributed by atoms with E-state index >= 15 is 0 Å². The first-order chi connectivity index (χ1) is 9.16. The Hall–Kier alpha value is -1.27. The van der Waals surface area contributed by atoms with Crippen LogP contribution in [0.2, 0.25) is 0 Å². The molecule has 0 spiro atoms. The fourth-order valence-electron chi connectivity index (χ4n) is 2.41. The van der Waals surface area contributed by atoms with Crippen molar-refractivity contribution in [1.82, 2.24) is 20.4 Å². The highest BCUT2D eigenvalue weighted by molar-refractivity contribution is 7.09. The number of hydrogen-bond acceptors (Lipinski definition) is 6. The molecular formula is C13H18N4OS. The molecule has 102 valence electrons. The summed E-state index contributed by atoms with van der Waals surface area (Å²) in [5, 5.41) is 10.6. The van der Waals surface area contributed by atoms with Gasteiger partial charge in [-0.1, -0.05) is 12.1 Å². The van der Waals surface area contributed by atoms with Crippen LogP contribution in [0.5, 0.6) is 0 Å². The van der Waals surface area contributed by atoms with E-state index in [1.165, 1.54) is 0 Å². The van der Waals surface area contributed by atoms with Gasteiger partial charge in [-0.15, -0.1) is 11.3 Å². The zero-order valence-corrected chi connectivity index (χ0v) is 12.1. The van der Waals surface area contributed by atoms with Crippen molar-refractivity contribution >= 4 is 11.3 Å². The van der Waals surface area contributed by atoms with Gasteiger partial charge in [-0.05, 0) is 32.9 Å². The van der Waals surface area contributed by atoms with Crippen molar-refractivity contribution < 1.29 is 4.52 Å². The van der Waals surface area contributed by atoms with Crippen LogP contribution in [-0.4, -0.2) is 28.2 Å². The van der Waals surface area contributed by atoms with Gasteiger partial charge in [0.1, 0.15) is 0 Å². The van der Waals surface area contributed by atoms with Gasteiger partial charge in [0.25, 0.3) is 0 Å². The topological polar surface area (TPSA) is 63.8 Å². The Morgan fingerprint density at radius 3 is 2.84 bits per heavy atom. The van der Waals surface area contributed by atoms with Gasteiger partial charge in [-0.25, -0.2) is 4.98 Å². The summed E-state index contributed by atoms with van der Waals surface area (Å²) in [6.45, 7) is 6.24. The van der Waals surface area contributed by atoms with Crippen LogP contribution in [0.25, 0.3) is 0 Å². The second kappa shape index (κ2) is 5.02. The number of nitrogens with zero attached hydrogens (tertiary/aromatic N) is 3. The van der Waals surface area contributed by atoms with Crippen molar-refractivity contribution in [2.24, 2.45) is 0 Å². The van der Waals surface area contributed by atoms with Crippen LogP contribution in [0.1, 0.15) is 42.2 Å². The maximum absolute atomic E-state index is 5.47. The molecule has 5 nitrogen and oxygen atoms in total. The molecule has 0 saturated carbocycles. The molecule has 2 aromatic rings. The van der Waals surface area contributed by atoms with Crippen molar-refractivity contribution in [2.45, 2.75) is 38.5 Å². The lowest BCUT2D eigenvalue weighted by molar-refractivity contribution is 0.240. The zero-order valence-electron chi connectivity index (χ0n) is 11.3. The van der Waals surface area contributed by atoms with Crippen LogP contribution in [0.15, 0.2) is 9.90 Å². The van der Waals surface area contributed by atoms with Gasteiger partial charge in [0.15, 0.2) is 5.82 Å². The molecule has 6 heteroatoms. The molecule has 0 aliphatic carbocycles. The highest BCUT2D eigenvalue weighted by Crippen LogP contribution is 2.31. The Morgan fingerprint density at radius 1 is 1.37 bits per heavy atom. The summed E-state index contributed by atoms with van der Waals surface area (Å²) in [5.41, 5.74) is 1.04. The average molecular weight is 278 g/mol. The van der Waals surface area contributed by atoms with Crippen LogP contribution >= 0.6 is 11.3 Å². The van der Waals surface area contributed by atoms with E-state index in [0.29, 0.717) is 6.42 Å². The lowest BCUT2D eigenvalue weighted by Crippen LogP contribution is -2.37. The molecule has 1 aliphatic heterocycles. The van der Waals surface area contributed by atoms with Crippen LogP contribution in [0.4, 0.5) is 0 Å². The maximum Gasteiger partial charge on any atom is 0.232 e. The van der Waals surface area contributed by atoms with Crippen molar-refractivity contribution in [2.75, 3.05) is 13.1 Å². The van der Waals surface area contributed by atoms with E-state index in [4.69, 9.17) is 4.52 Å². The molecule has 0 amide bonds. The van der Waals surface area contributed by atoms with Crippen molar-refractivity contribution in [1.29, 1.82) is 0 Å². The molecule has 0 aromatic carbocycles. The summed E-state index contributed by atoms with van der Waals surface area (Å²) in [6, 6.07) is 0. The molecule has 1 saturated heterocycles. The van der Waals surface area contributed by atoms with E-state index in [0.717, 1.165) is 48.3 Å². The Balaban J connectivity index is 1.75. The molecule has 3 heterocycles. The highest BCUT2D eigenvalue weighted by atomic mass is 32.1. The maximum atomic E-state index is 5.47. The normalized spacial score (nSPS) is 18.6. The second-order valence-corrected chi connectivity index (χ2v) is 6.42. The lowest BCUT2D eigenvalue weighted by atomic mass is 9.81. The molecule has 0 bridgehead atoms. The summed E-state index contributed by atoms with van der Waals surface area (Å²) < 4.78 is 5.47. The van der Waals surface area contributed by atoms with Crippen LogP contribution in [0.3, 0.4) is 0 Å². The lowest BCUT2D eigenvalue weighted by Gasteiger charge is -2.30. The molecule has 0 radical (unpaired) electrons. The standard InChI is InChI=1S/C13H18N4OS/c1-9-15-10(8-19-9)7-11-16-12(18-17-11)13(2)3-5-14-6-4-13/h8,14H,3-7H2,1-2H3. The molecule has 2 aromatic heterocycles. The first kappa shape index (κ1) is 12.7. The number of aromatic nitrogens is 3. The summed E-state index contributed by atoms with van der Waals surface area (Å²) in [4.78, 5) is 9.00. The van der Waals surface area contributed by atoms with Crippen molar-refractivity contribution in [3.05, 3.63) is 27.8 Å². The average Bonchev–Trinajstić information content (AvgIpc) is 3.01. The summed E-state index contributed by atoms with van der Waals surface area (Å²) in [5.74, 6) is 1.51. The molecule has 1 aliphatic rings. The predicted molar refractivity (Wildman–Crippen MR) is 73.4 cm³/mol. The smallest absolute Gasteiger partial charge is 0.232 e. The van der Waals surface area contributed by atoms with E-state index in [1.54, 1.807) is 11.3 Å². The van der Waals surface area contributed by atoms with Crippen molar-refractivity contribution in [3.63, 3.8) is 0 Å². The largest absolute Gasteiger partial charge is 0.339 e. The number of hydrogen-bond donors (Lipinski definition) is 1. The van der Waals surface area contributed by atoms with Gasteiger partial charge < -0.3 is 9.84 Å². The fourth-order valence-corrected chi connectivity index (χ4v) is 3.03. The first-order valence-corrected chi connectivity index (χ1v) is 7.48.